The van der Waals surface area contributed by atoms with Crippen LogP contribution in [-0.2, 0) is 4.79 Å². The molecular formula is C11H18N4O2. The number of ether oxygens (including phenoxy) is 1. The molecule has 0 saturated carbocycles. The molecule has 0 saturated heterocycles. The maximum Gasteiger partial charge on any atom is 0.218 e. The first kappa shape index (κ1) is 13.2. The minimum absolute atomic E-state index is 0.0432. The van der Waals surface area contributed by atoms with Crippen molar-refractivity contribution in [3.8, 4) is 5.88 Å². The summed E-state index contributed by atoms with van der Waals surface area (Å²) in [6, 6.07) is 1.73. The Morgan fingerprint density at radius 1 is 1.41 bits per heavy atom. The lowest BCUT2D eigenvalue weighted by Gasteiger charge is -2.10. The fourth-order valence-electron chi connectivity index (χ4n) is 1.17. The van der Waals surface area contributed by atoms with E-state index < -0.39 is 0 Å². The van der Waals surface area contributed by atoms with E-state index in [1.807, 2.05) is 13.8 Å². The fraction of sp³-hybridized carbons (Fsp3) is 0.545. The molecular weight excluding hydrogens is 220 g/mol. The molecule has 0 aliphatic rings. The van der Waals surface area contributed by atoms with E-state index in [2.05, 4.69) is 20.6 Å². The molecule has 0 unspecified atom stereocenters. The zero-order valence-corrected chi connectivity index (χ0v) is 10.4. The molecule has 0 aliphatic carbocycles. The predicted octanol–water partition coefficient (Wildman–Crippen LogP) is 0.812. The molecule has 6 nitrogen and oxygen atoms in total. The van der Waals surface area contributed by atoms with Gasteiger partial charge in [0.2, 0.25) is 11.8 Å². The van der Waals surface area contributed by atoms with E-state index in [0.29, 0.717) is 24.8 Å². The normalized spacial score (nSPS) is 10.1. The second kappa shape index (κ2) is 6.67. The number of carbonyl (C=O) groups is 1. The summed E-state index contributed by atoms with van der Waals surface area (Å²) in [5.74, 6) is 1.18. The van der Waals surface area contributed by atoms with Crippen LogP contribution in [0.15, 0.2) is 12.4 Å². The Balaban J connectivity index is 2.40. The maximum absolute atomic E-state index is 10.6. The number of anilines is 1. The standard InChI is InChI=1S/C11H18N4O2/c1-8(2)17-11-6-10(14-7-15-11)13-5-4-12-9(3)16/h6-8H,4-5H2,1-3H3,(H,12,16)(H,13,14,15). The van der Waals surface area contributed by atoms with Gasteiger partial charge in [-0.2, -0.15) is 0 Å². The van der Waals surface area contributed by atoms with E-state index in [0.717, 1.165) is 0 Å². The molecule has 1 heterocycles. The van der Waals surface area contributed by atoms with Crippen LogP contribution in [0.5, 0.6) is 5.88 Å². The first-order valence-corrected chi connectivity index (χ1v) is 5.55. The van der Waals surface area contributed by atoms with Crippen LogP contribution in [0.4, 0.5) is 5.82 Å². The van der Waals surface area contributed by atoms with Crippen molar-refractivity contribution in [1.82, 2.24) is 15.3 Å². The van der Waals surface area contributed by atoms with Gasteiger partial charge in [-0.3, -0.25) is 4.79 Å². The summed E-state index contributed by atoms with van der Waals surface area (Å²) >= 11 is 0. The molecule has 1 rings (SSSR count). The van der Waals surface area contributed by atoms with Gasteiger partial charge in [0.1, 0.15) is 12.1 Å². The highest BCUT2D eigenvalue weighted by Gasteiger charge is 2.01. The molecule has 6 heteroatoms. The van der Waals surface area contributed by atoms with Crippen LogP contribution in [0.1, 0.15) is 20.8 Å². The summed E-state index contributed by atoms with van der Waals surface area (Å²) in [4.78, 5) is 18.7. The lowest BCUT2D eigenvalue weighted by atomic mass is 10.4. The largest absolute Gasteiger partial charge is 0.475 e. The van der Waals surface area contributed by atoms with E-state index >= 15 is 0 Å². The third-order valence-electron chi connectivity index (χ3n) is 1.80. The number of hydrogen-bond acceptors (Lipinski definition) is 5. The molecule has 17 heavy (non-hydrogen) atoms. The van der Waals surface area contributed by atoms with Gasteiger partial charge in [-0.15, -0.1) is 0 Å². The molecule has 0 fully saturated rings. The van der Waals surface area contributed by atoms with Crippen molar-refractivity contribution in [3.05, 3.63) is 12.4 Å². The van der Waals surface area contributed by atoms with Crippen LogP contribution in [0.3, 0.4) is 0 Å². The van der Waals surface area contributed by atoms with Crippen molar-refractivity contribution in [2.45, 2.75) is 26.9 Å². The Hall–Kier alpha value is -1.85. The van der Waals surface area contributed by atoms with Gasteiger partial charge in [0.05, 0.1) is 6.10 Å². The molecule has 0 aromatic carbocycles. The van der Waals surface area contributed by atoms with E-state index in [-0.39, 0.29) is 12.0 Å². The number of rotatable bonds is 6. The van der Waals surface area contributed by atoms with E-state index in [1.54, 1.807) is 6.07 Å². The van der Waals surface area contributed by atoms with E-state index in [9.17, 15) is 4.79 Å². The monoisotopic (exact) mass is 238 g/mol. The van der Waals surface area contributed by atoms with E-state index in [1.165, 1.54) is 13.3 Å². The highest BCUT2D eigenvalue weighted by atomic mass is 16.5. The Morgan fingerprint density at radius 3 is 2.82 bits per heavy atom. The molecule has 1 aromatic heterocycles. The van der Waals surface area contributed by atoms with Gasteiger partial charge in [0, 0.05) is 26.1 Å². The topological polar surface area (TPSA) is 76.1 Å². The third-order valence-corrected chi connectivity index (χ3v) is 1.80. The smallest absolute Gasteiger partial charge is 0.218 e. The summed E-state index contributed by atoms with van der Waals surface area (Å²) in [6.07, 6.45) is 1.52. The number of nitrogens with zero attached hydrogens (tertiary/aromatic N) is 2. The first-order chi connectivity index (χ1) is 8.08. The van der Waals surface area contributed by atoms with Crippen molar-refractivity contribution in [2.24, 2.45) is 0 Å². The molecule has 0 spiro atoms. The summed E-state index contributed by atoms with van der Waals surface area (Å²) < 4.78 is 5.44. The molecule has 1 aromatic rings. The van der Waals surface area contributed by atoms with Gasteiger partial charge in [-0.25, -0.2) is 9.97 Å². The van der Waals surface area contributed by atoms with Crippen LogP contribution in [0.25, 0.3) is 0 Å². The third kappa shape index (κ3) is 5.70. The van der Waals surface area contributed by atoms with Gasteiger partial charge in [-0.05, 0) is 13.8 Å². The Kier molecular flexibility index (Phi) is 5.19. The summed E-state index contributed by atoms with van der Waals surface area (Å²) in [5.41, 5.74) is 0. The predicted molar refractivity (Wildman–Crippen MR) is 65.0 cm³/mol. The number of nitrogens with one attached hydrogen (secondary N) is 2. The quantitative estimate of drug-likeness (QED) is 0.717. The zero-order chi connectivity index (χ0) is 12.7. The summed E-state index contributed by atoms with van der Waals surface area (Å²) in [6.45, 7) is 6.52. The van der Waals surface area contributed by atoms with Crippen LogP contribution < -0.4 is 15.4 Å². The number of hydrogen-bond donors (Lipinski definition) is 2. The highest BCUT2D eigenvalue weighted by molar-refractivity contribution is 5.72. The molecule has 0 radical (unpaired) electrons. The minimum atomic E-state index is -0.0432. The van der Waals surface area contributed by atoms with Crippen LogP contribution >= 0.6 is 0 Å². The van der Waals surface area contributed by atoms with Crippen LogP contribution in [0.2, 0.25) is 0 Å². The van der Waals surface area contributed by atoms with Gasteiger partial charge >= 0.3 is 0 Å². The molecule has 1 amide bonds. The average Bonchev–Trinajstić information content (AvgIpc) is 2.24. The SMILES string of the molecule is CC(=O)NCCNc1cc(OC(C)C)ncn1. The Bertz CT molecular complexity index is 368. The average molecular weight is 238 g/mol. The second-order valence-corrected chi connectivity index (χ2v) is 3.82. The zero-order valence-electron chi connectivity index (χ0n) is 10.4. The van der Waals surface area contributed by atoms with Crippen molar-refractivity contribution in [1.29, 1.82) is 0 Å². The lowest BCUT2D eigenvalue weighted by molar-refractivity contribution is -0.118. The van der Waals surface area contributed by atoms with Gasteiger partial charge in [0.15, 0.2) is 0 Å². The molecule has 0 bridgehead atoms. The fourth-order valence-corrected chi connectivity index (χ4v) is 1.17. The second-order valence-electron chi connectivity index (χ2n) is 3.82. The van der Waals surface area contributed by atoms with Crippen molar-refractivity contribution in [2.75, 3.05) is 18.4 Å². The minimum Gasteiger partial charge on any atom is -0.475 e. The van der Waals surface area contributed by atoms with Crippen molar-refractivity contribution < 1.29 is 9.53 Å². The van der Waals surface area contributed by atoms with Gasteiger partial charge in [-0.1, -0.05) is 0 Å². The molecule has 0 atom stereocenters. The Morgan fingerprint density at radius 2 is 2.18 bits per heavy atom. The Labute approximate surface area is 101 Å². The maximum atomic E-state index is 10.6. The number of aromatic nitrogens is 2. The van der Waals surface area contributed by atoms with Crippen LogP contribution in [0, 0.1) is 0 Å². The van der Waals surface area contributed by atoms with Crippen LogP contribution in [-0.4, -0.2) is 35.1 Å². The first-order valence-electron chi connectivity index (χ1n) is 5.55. The molecule has 2 N–H and O–H groups in total. The van der Waals surface area contributed by atoms with Gasteiger partial charge < -0.3 is 15.4 Å². The van der Waals surface area contributed by atoms with Crippen molar-refractivity contribution in [3.63, 3.8) is 0 Å². The lowest BCUT2D eigenvalue weighted by Crippen LogP contribution is -2.26. The molecule has 0 aliphatic heterocycles. The summed E-state index contributed by atoms with van der Waals surface area (Å²) in [7, 11) is 0. The molecule has 94 valence electrons. The van der Waals surface area contributed by atoms with Crippen molar-refractivity contribution >= 4 is 11.7 Å². The van der Waals surface area contributed by atoms with Gasteiger partial charge in [0.25, 0.3) is 0 Å². The summed E-state index contributed by atoms with van der Waals surface area (Å²) in [5, 5.41) is 5.75. The van der Waals surface area contributed by atoms with E-state index in [4.69, 9.17) is 4.74 Å². The number of carbonyl (C=O) groups excluding carboxylic acids is 1. The highest BCUT2D eigenvalue weighted by Crippen LogP contribution is 2.11. The number of amides is 1.